The minimum absolute atomic E-state index is 0.353. The molecule has 1 fully saturated rings. The van der Waals surface area contributed by atoms with Gasteiger partial charge in [0.05, 0.1) is 0 Å². The van der Waals surface area contributed by atoms with Gasteiger partial charge in [-0.15, -0.1) is 0 Å². The second kappa shape index (κ2) is 5.80. The molecule has 4 nitrogen and oxygen atoms in total. The van der Waals surface area contributed by atoms with Crippen molar-refractivity contribution in [3.05, 3.63) is 23.3 Å². The topological polar surface area (TPSA) is 42.5 Å². The van der Waals surface area contributed by atoms with Crippen LogP contribution >= 0.6 is 0 Å². The molecule has 0 aliphatic carbocycles. The summed E-state index contributed by atoms with van der Waals surface area (Å²) in [6.45, 7) is 5.81. The molecule has 3 rings (SSSR count). The zero-order chi connectivity index (χ0) is 13.1. The van der Waals surface area contributed by atoms with Crippen molar-refractivity contribution in [3.63, 3.8) is 0 Å². The van der Waals surface area contributed by atoms with Crippen LogP contribution in [0, 0.1) is 6.92 Å². The molecule has 0 bridgehead atoms. The predicted octanol–water partition coefficient (Wildman–Crippen LogP) is 1.61. The lowest BCUT2D eigenvalue weighted by atomic mass is 10.0. The summed E-state index contributed by atoms with van der Waals surface area (Å²) in [6, 6.07) is 4.89. The van der Waals surface area contributed by atoms with Crippen LogP contribution in [0.1, 0.15) is 24.0 Å². The molecule has 0 aromatic heterocycles. The molecule has 4 heteroatoms. The van der Waals surface area contributed by atoms with E-state index in [1.165, 1.54) is 24.0 Å². The highest BCUT2D eigenvalue weighted by Gasteiger charge is 2.16. The van der Waals surface area contributed by atoms with E-state index in [4.69, 9.17) is 9.47 Å². The molecule has 0 amide bonds. The van der Waals surface area contributed by atoms with Gasteiger partial charge in [-0.2, -0.15) is 0 Å². The van der Waals surface area contributed by atoms with Gasteiger partial charge in [0.1, 0.15) is 0 Å². The minimum Gasteiger partial charge on any atom is -0.454 e. The van der Waals surface area contributed by atoms with E-state index in [2.05, 4.69) is 29.7 Å². The number of ether oxygens (including phenoxy) is 2. The molecule has 1 saturated heterocycles. The summed E-state index contributed by atoms with van der Waals surface area (Å²) in [5.74, 6) is 1.77. The maximum Gasteiger partial charge on any atom is 0.231 e. The molecule has 2 heterocycles. The highest BCUT2D eigenvalue weighted by Crippen LogP contribution is 2.34. The van der Waals surface area contributed by atoms with Crippen LogP contribution in [0.15, 0.2) is 12.1 Å². The van der Waals surface area contributed by atoms with E-state index >= 15 is 0 Å². The highest BCUT2D eigenvalue weighted by molar-refractivity contribution is 5.48. The number of fused-ring (bicyclic) bond motifs is 1. The van der Waals surface area contributed by atoms with E-state index < -0.39 is 0 Å². The monoisotopic (exact) mass is 262 g/mol. The van der Waals surface area contributed by atoms with E-state index in [1.54, 1.807) is 0 Å². The fourth-order valence-electron chi connectivity index (χ4n) is 2.79. The molecule has 0 spiro atoms. The third-order valence-electron chi connectivity index (χ3n) is 4.00. The van der Waals surface area contributed by atoms with Crippen LogP contribution in [-0.2, 0) is 6.42 Å². The third kappa shape index (κ3) is 3.01. The van der Waals surface area contributed by atoms with E-state index in [0.29, 0.717) is 12.8 Å². The van der Waals surface area contributed by atoms with Crippen molar-refractivity contribution in [2.75, 3.05) is 26.4 Å². The average Bonchev–Trinajstić information content (AvgIpc) is 2.87. The smallest absolute Gasteiger partial charge is 0.231 e. The molecular formula is C15H22N2O2. The minimum atomic E-state index is 0.353. The number of benzene rings is 1. The predicted molar refractivity (Wildman–Crippen MR) is 74.9 cm³/mol. The molecule has 2 N–H and O–H groups in total. The average molecular weight is 262 g/mol. The molecule has 1 aromatic rings. The quantitative estimate of drug-likeness (QED) is 0.865. The summed E-state index contributed by atoms with van der Waals surface area (Å²) in [7, 11) is 0. The largest absolute Gasteiger partial charge is 0.454 e. The lowest BCUT2D eigenvalue weighted by Gasteiger charge is -2.23. The van der Waals surface area contributed by atoms with Crippen molar-refractivity contribution in [1.29, 1.82) is 0 Å². The van der Waals surface area contributed by atoms with Gasteiger partial charge in [0.2, 0.25) is 6.79 Å². The Morgan fingerprint density at radius 1 is 1.21 bits per heavy atom. The second-order valence-corrected chi connectivity index (χ2v) is 5.36. The zero-order valence-corrected chi connectivity index (χ0v) is 11.5. The van der Waals surface area contributed by atoms with E-state index in [9.17, 15) is 0 Å². The van der Waals surface area contributed by atoms with Crippen LogP contribution in [0.5, 0.6) is 11.5 Å². The summed E-state index contributed by atoms with van der Waals surface area (Å²) in [4.78, 5) is 0. The Balaban J connectivity index is 1.54. The van der Waals surface area contributed by atoms with Crippen LogP contribution in [-0.4, -0.2) is 32.5 Å². The normalized spacial score (nSPS) is 18.8. The lowest BCUT2D eigenvalue weighted by Crippen LogP contribution is -2.40. The van der Waals surface area contributed by atoms with Gasteiger partial charge in [-0.1, -0.05) is 0 Å². The first kappa shape index (κ1) is 12.8. The van der Waals surface area contributed by atoms with Gasteiger partial charge in [-0.3, -0.25) is 0 Å². The molecular weight excluding hydrogens is 240 g/mol. The van der Waals surface area contributed by atoms with E-state index in [-0.39, 0.29) is 0 Å². The van der Waals surface area contributed by atoms with Crippen molar-refractivity contribution in [2.45, 2.75) is 32.2 Å². The standard InChI is InChI=1S/C15H22N2O2/c1-11-8-14-15(19-10-18-14)9-12(11)2-7-17-13-3-5-16-6-4-13/h8-9,13,16-17H,2-7,10H2,1H3. The maximum absolute atomic E-state index is 5.44. The zero-order valence-electron chi connectivity index (χ0n) is 11.5. The van der Waals surface area contributed by atoms with Crippen molar-refractivity contribution >= 4 is 0 Å². The number of hydrogen-bond acceptors (Lipinski definition) is 4. The van der Waals surface area contributed by atoms with Crippen molar-refractivity contribution in [3.8, 4) is 11.5 Å². The van der Waals surface area contributed by atoms with E-state index in [0.717, 1.165) is 37.6 Å². The second-order valence-electron chi connectivity index (χ2n) is 5.36. The third-order valence-corrected chi connectivity index (χ3v) is 4.00. The first-order chi connectivity index (χ1) is 9.33. The van der Waals surface area contributed by atoms with Gasteiger partial charge in [0.25, 0.3) is 0 Å². The van der Waals surface area contributed by atoms with Crippen molar-refractivity contribution in [2.24, 2.45) is 0 Å². The number of rotatable bonds is 4. The molecule has 0 unspecified atom stereocenters. The van der Waals surface area contributed by atoms with Crippen molar-refractivity contribution < 1.29 is 9.47 Å². The molecule has 0 atom stereocenters. The lowest BCUT2D eigenvalue weighted by molar-refractivity contribution is 0.174. The SMILES string of the molecule is Cc1cc2c(cc1CCNC1CCNCC1)OCO2. The Bertz CT molecular complexity index is 442. The Kier molecular flexibility index (Phi) is 3.89. The molecule has 1 aromatic carbocycles. The summed E-state index contributed by atoms with van der Waals surface area (Å²) in [6.07, 6.45) is 3.52. The first-order valence-corrected chi connectivity index (χ1v) is 7.16. The Morgan fingerprint density at radius 2 is 1.95 bits per heavy atom. The van der Waals surface area contributed by atoms with Gasteiger partial charge >= 0.3 is 0 Å². The number of nitrogens with one attached hydrogen (secondary N) is 2. The van der Waals surface area contributed by atoms with Crippen LogP contribution in [0.25, 0.3) is 0 Å². The molecule has 2 aliphatic rings. The van der Waals surface area contributed by atoms with Crippen LogP contribution in [0.4, 0.5) is 0 Å². The Morgan fingerprint density at radius 3 is 2.74 bits per heavy atom. The molecule has 0 saturated carbocycles. The molecule has 19 heavy (non-hydrogen) atoms. The van der Waals surface area contributed by atoms with Gasteiger partial charge in [-0.25, -0.2) is 0 Å². The number of piperidine rings is 1. The number of hydrogen-bond donors (Lipinski definition) is 2. The fourth-order valence-corrected chi connectivity index (χ4v) is 2.79. The summed E-state index contributed by atoms with van der Waals surface area (Å²) in [5.41, 5.74) is 2.64. The number of aryl methyl sites for hydroxylation is 1. The maximum atomic E-state index is 5.44. The van der Waals surface area contributed by atoms with Crippen LogP contribution < -0.4 is 20.1 Å². The summed E-state index contributed by atoms with van der Waals surface area (Å²) >= 11 is 0. The Hall–Kier alpha value is -1.26. The van der Waals surface area contributed by atoms with Crippen LogP contribution in [0.3, 0.4) is 0 Å². The Labute approximate surface area is 114 Å². The van der Waals surface area contributed by atoms with Gasteiger partial charge < -0.3 is 20.1 Å². The van der Waals surface area contributed by atoms with Gasteiger partial charge in [-0.05, 0) is 69.1 Å². The molecule has 0 radical (unpaired) electrons. The van der Waals surface area contributed by atoms with E-state index in [1.807, 2.05) is 0 Å². The highest BCUT2D eigenvalue weighted by atomic mass is 16.7. The van der Waals surface area contributed by atoms with Gasteiger partial charge in [0, 0.05) is 6.04 Å². The first-order valence-electron chi connectivity index (χ1n) is 7.16. The summed E-state index contributed by atoms with van der Waals surface area (Å²) in [5, 5.41) is 7.04. The molecule has 104 valence electrons. The van der Waals surface area contributed by atoms with Crippen molar-refractivity contribution in [1.82, 2.24) is 10.6 Å². The van der Waals surface area contributed by atoms with Gasteiger partial charge in [0.15, 0.2) is 11.5 Å². The van der Waals surface area contributed by atoms with Crippen LogP contribution in [0.2, 0.25) is 0 Å². The fraction of sp³-hybridized carbons (Fsp3) is 0.600. The molecule has 2 aliphatic heterocycles. The summed E-state index contributed by atoms with van der Waals surface area (Å²) < 4.78 is 10.8.